The summed E-state index contributed by atoms with van der Waals surface area (Å²) in [5, 5.41) is 0. The number of benzene rings is 1. The molecule has 0 saturated heterocycles. The molecule has 0 amide bonds. The lowest BCUT2D eigenvalue weighted by molar-refractivity contribution is -0.161. The van der Waals surface area contributed by atoms with E-state index in [9.17, 15) is 9.59 Å². The van der Waals surface area contributed by atoms with Crippen LogP contribution in [0.4, 0.5) is 0 Å². The van der Waals surface area contributed by atoms with Gasteiger partial charge in [-0.1, -0.05) is 18.2 Å². The SMILES string of the molecule is CCOC(=O)C(C/C=C/c1ccc(OC)cc1C)C(=O)OCC. The van der Waals surface area contributed by atoms with Crippen LogP contribution in [0.3, 0.4) is 0 Å². The number of hydrogen-bond donors (Lipinski definition) is 0. The van der Waals surface area contributed by atoms with Gasteiger partial charge in [-0.25, -0.2) is 0 Å². The summed E-state index contributed by atoms with van der Waals surface area (Å²) in [4.78, 5) is 23.8. The first-order chi connectivity index (χ1) is 11.0. The number of aryl methyl sites for hydroxylation is 1. The van der Waals surface area contributed by atoms with Crippen LogP contribution >= 0.6 is 0 Å². The lowest BCUT2D eigenvalue weighted by Crippen LogP contribution is -2.27. The molecule has 0 radical (unpaired) electrons. The average Bonchev–Trinajstić information content (AvgIpc) is 2.53. The van der Waals surface area contributed by atoms with Gasteiger partial charge in [-0.15, -0.1) is 0 Å². The fraction of sp³-hybridized carbons (Fsp3) is 0.444. The van der Waals surface area contributed by atoms with Gasteiger partial charge in [0.1, 0.15) is 5.75 Å². The Morgan fingerprint density at radius 3 is 2.22 bits per heavy atom. The number of rotatable bonds is 8. The number of methoxy groups -OCH3 is 1. The van der Waals surface area contributed by atoms with Gasteiger partial charge < -0.3 is 14.2 Å². The summed E-state index contributed by atoms with van der Waals surface area (Å²) in [6.07, 6.45) is 3.90. The molecule has 0 saturated carbocycles. The maximum atomic E-state index is 11.9. The van der Waals surface area contributed by atoms with Crippen molar-refractivity contribution in [1.29, 1.82) is 0 Å². The Balaban J connectivity index is 2.80. The summed E-state index contributed by atoms with van der Waals surface area (Å²) >= 11 is 0. The third kappa shape index (κ3) is 5.77. The molecule has 1 rings (SSSR count). The van der Waals surface area contributed by atoms with Gasteiger partial charge in [0, 0.05) is 0 Å². The number of esters is 2. The molecule has 0 fully saturated rings. The Morgan fingerprint density at radius 2 is 1.74 bits per heavy atom. The Hall–Kier alpha value is -2.30. The smallest absolute Gasteiger partial charge is 0.320 e. The monoisotopic (exact) mass is 320 g/mol. The van der Waals surface area contributed by atoms with Crippen LogP contribution in [-0.2, 0) is 19.1 Å². The minimum absolute atomic E-state index is 0.232. The summed E-state index contributed by atoms with van der Waals surface area (Å²) in [7, 11) is 1.62. The molecule has 0 unspecified atom stereocenters. The minimum atomic E-state index is -0.926. The average molecular weight is 320 g/mol. The molecule has 1 aromatic rings. The molecule has 5 nitrogen and oxygen atoms in total. The van der Waals surface area contributed by atoms with Crippen molar-refractivity contribution in [3.05, 3.63) is 35.4 Å². The number of carbonyl (C=O) groups is 2. The maximum absolute atomic E-state index is 11.9. The van der Waals surface area contributed by atoms with Crippen molar-refractivity contribution in [2.75, 3.05) is 20.3 Å². The van der Waals surface area contributed by atoms with Crippen LogP contribution < -0.4 is 4.74 Å². The van der Waals surface area contributed by atoms with Crippen molar-refractivity contribution in [1.82, 2.24) is 0 Å². The van der Waals surface area contributed by atoms with Crippen LogP contribution in [0.1, 0.15) is 31.4 Å². The van der Waals surface area contributed by atoms with Gasteiger partial charge in [0.2, 0.25) is 0 Å². The van der Waals surface area contributed by atoms with Crippen molar-refractivity contribution in [2.24, 2.45) is 5.92 Å². The van der Waals surface area contributed by atoms with E-state index < -0.39 is 17.9 Å². The molecule has 0 aliphatic carbocycles. The van der Waals surface area contributed by atoms with E-state index in [0.717, 1.165) is 16.9 Å². The zero-order chi connectivity index (χ0) is 17.2. The van der Waals surface area contributed by atoms with E-state index in [2.05, 4.69) is 0 Å². The van der Waals surface area contributed by atoms with Crippen molar-refractivity contribution < 1.29 is 23.8 Å². The summed E-state index contributed by atoms with van der Waals surface area (Å²) < 4.78 is 15.0. The highest BCUT2D eigenvalue weighted by atomic mass is 16.6. The summed E-state index contributed by atoms with van der Waals surface area (Å²) in [5.41, 5.74) is 2.04. The topological polar surface area (TPSA) is 61.8 Å². The molecule has 0 spiro atoms. The van der Waals surface area contributed by atoms with Gasteiger partial charge in [0.05, 0.1) is 20.3 Å². The Labute approximate surface area is 137 Å². The lowest BCUT2D eigenvalue weighted by atomic mass is 10.0. The Kier molecular flexibility index (Phi) is 7.88. The summed E-state index contributed by atoms with van der Waals surface area (Å²) in [6.45, 7) is 5.84. The number of ether oxygens (including phenoxy) is 3. The number of allylic oxidation sites excluding steroid dienone is 1. The second-order valence-corrected chi connectivity index (χ2v) is 4.92. The standard InChI is InChI=1S/C18H24O5/c1-5-22-17(19)16(18(20)23-6-2)9-7-8-14-10-11-15(21-4)12-13(14)3/h7-8,10-12,16H,5-6,9H2,1-4H3/b8-7+. The van der Waals surface area contributed by atoms with Crippen molar-refractivity contribution in [2.45, 2.75) is 27.2 Å². The third-order valence-electron chi connectivity index (χ3n) is 3.29. The van der Waals surface area contributed by atoms with Gasteiger partial charge in [0.15, 0.2) is 5.92 Å². The second-order valence-electron chi connectivity index (χ2n) is 4.92. The molecule has 5 heteroatoms. The van der Waals surface area contributed by atoms with Gasteiger partial charge in [0.25, 0.3) is 0 Å². The number of carbonyl (C=O) groups excluding carboxylic acids is 2. The molecular formula is C18H24O5. The molecule has 0 atom stereocenters. The zero-order valence-corrected chi connectivity index (χ0v) is 14.1. The number of hydrogen-bond acceptors (Lipinski definition) is 5. The largest absolute Gasteiger partial charge is 0.497 e. The fourth-order valence-corrected chi connectivity index (χ4v) is 2.07. The van der Waals surface area contributed by atoms with Crippen LogP contribution in [0.2, 0.25) is 0 Å². The Morgan fingerprint density at radius 1 is 1.13 bits per heavy atom. The summed E-state index contributed by atoms with van der Waals surface area (Å²) in [5.74, 6) is -1.25. The molecule has 23 heavy (non-hydrogen) atoms. The molecule has 0 heterocycles. The quantitative estimate of drug-likeness (QED) is 0.544. The first-order valence-electron chi connectivity index (χ1n) is 7.67. The Bertz CT molecular complexity index is 545. The van der Waals surface area contributed by atoms with E-state index in [1.54, 1.807) is 27.0 Å². The van der Waals surface area contributed by atoms with E-state index in [1.165, 1.54) is 0 Å². The first kappa shape index (κ1) is 18.7. The van der Waals surface area contributed by atoms with Crippen molar-refractivity contribution in [3.63, 3.8) is 0 Å². The van der Waals surface area contributed by atoms with Gasteiger partial charge >= 0.3 is 11.9 Å². The minimum Gasteiger partial charge on any atom is -0.497 e. The molecule has 0 aromatic heterocycles. The molecule has 126 valence electrons. The lowest BCUT2D eigenvalue weighted by Gasteiger charge is -2.12. The second kappa shape index (κ2) is 9.66. The van der Waals surface area contributed by atoms with Gasteiger partial charge in [-0.05, 0) is 50.5 Å². The maximum Gasteiger partial charge on any atom is 0.320 e. The van der Waals surface area contributed by atoms with Crippen LogP contribution in [0.15, 0.2) is 24.3 Å². The van der Waals surface area contributed by atoms with E-state index in [-0.39, 0.29) is 19.6 Å². The van der Waals surface area contributed by atoms with Crippen LogP contribution in [0.5, 0.6) is 5.75 Å². The molecule has 0 aliphatic heterocycles. The molecular weight excluding hydrogens is 296 g/mol. The summed E-state index contributed by atoms with van der Waals surface area (Å²) in [6, 6.07) is 5.71. The molecule has 0 bridgehead atoms. The zero-order valence-electron chi connectivity index (χ0n) is 14.1. The van der Waals surface area contributed by atoms with Crippen LogP contribution in [0, 0.1) is 12.8 Å². The third-order valence-corrected chi connectivity index (χ3v) is 3.29. The molecule has 0 aliphatic rings. The molecule has 1 aromatic carbocycles. The highest BCUT2D eigenvalue weighted by Gasteiger charge is 2.28. The highest BCUT2D eigenvalue weighted by Crippen LogP contribution is 2.19. The van der Waals surface area contributed by atoms with Crippen molar-refractivity contribution >= 4 is 18.0 Å². The van der Waals surface area contributed by atoms with E-state index in [0.29, 0.717) is 0 Å². The van der Waals surface area contributed by atoms with Gasteiger partial charge in [-0.2, -0.15) is 0 Å². The first-order valence-corrected chi connectivity index (χ1v) is 7.67. The van der Waals surface area contributed by atoms with Gasteiger partial charge in [-0.3, -0.25) is 9.59 Å². The molecule has 0 N–H and O–H groups in total. The predicted molar refractivity (Wildman–Crippen MR) is 88.1 cm³/mol. The van der Waals surface area contributed by atoms with E-state index >= 15 is 0 Å². The highest BCUT2D eigenvalue weighted by molar-refractivity contribution is 5.95. The fourth-order valence-electron chi connectivity index (χ4n) is 2.07. The van der Waals surface area contributed by atoms with Crippen molar-refractivity contribution in [3.8, 4) is 5.75 Å². The normalized spacial score (nSPS) is 10.8. The van der Waals surface area contributed by atoms with E-state index in [1.807, 2.05) is 31.2 Å². The van der Waals surface area contributed by atoms with Crippen LogP contribution in [0.25, 0.3) is 6.08 Å². The van der Waals surface area contributed by atoms with E-state index in [4.69, 9.17) is 14.2 Å². The predicted octanol–water partition coefficient (Wildman–Crippen LogP) is 3.15. The van der Waals surface area contributed by atoms with Crippen LogP contribution in [-0.4, -0.2) is 32.3 Å².